The SMILES string of the molecule is Cc1ccc(CN)c(N(C)CCCN(C)C)c1. The van der Waals surface area contributed by atoms with Crippen LogP contribution in [0.5, 0.6) is 0 Å². The standard InChI is InChI=1S/C14H25N3/c1-12-6-7-13(11-15)14(10-12)17(4)9-5-8-16(2)3/h6-7,10H,5,8-9,11,15H2,1-4H3. The Morgan fingerprint density at radius 2 is 1.82 bits per heavy atom. The smallest absolute Gasteiger partial charge is 0.0411 e. The first-order valence-corrected chi connectivity index (χ1v) is 6.20. The molecule has 17 heavy (non-hydrogen) atoms. The molecule has 0 spiro atoms. The highest BCUT2D eigenvalue weighted by atomic mass is 15.1. The van der Waals surface area contributed by atoms with Crippen molar-refractivity contribution in [3.8, 4) is 0 Å². The van der Waals surface area contributed by atoms with Gasteiger partial charge in [-0.05, 0) is 51.2 Å². The lowest BCUT2D eigenvalue weighted by Crippen LogP contribution is -2.24. The van der Waals surface area contributed by atoms with Crippen LogP contribution < -0.4 is 10.6 Å². The van der Waals surface area contributed by atoms with E-state index in [-0.39, 0.29) is 0 Å². The van der Waals surface area contributed by atoms with Crippen molar-refractivity contribution in [3.05, 3.63) is 29.3 Å². The van der Waals surface area contributed by atoms with Crippen LogP contribution in [0.3, 0.4) is 0 Å². The summed E-state index contributed by atoms with van der Waals surface area (Å²) in [4.78, 5) is 4.52. The lowest BCUT2D eigenvalue weighted by atomic mass is 10.1. The largest absolute Gasteiger partial charge is 0.374 e. The highest BCUT2D eigenvalue weighted by Gasteiger charge is 2.06. The molecule has 0 aliphatic carbocycles. The van der Waals surface area contributed by atoms with Gasteiger partial charge in [0.25, 0.3) is 0 Å². The number of benzene rings is 1. The van der Waals surface area contributed by atoms with Crippen molar-refractivity contribution in [2.45, 2.75) is 19.9 Å². The zero-order valence-electron chi connectivity index (χ0n) is 11.5. The van der Waals surface area contributed by atoms with Crippen LogP contribution in [0.1, 0.15) is 17.5 Å². The van der Waals surface area contributed by atoms with Gasteiger partial charge in [-0.15, -0.1) is 0 Å². The fourth-order valence-corrected chi connectivity index (χ4v) is 1.95. The van der Waals surface area contributed by atoms with Gasteiger partial charge in [-0.2, -0.15) is 0 Å². The van der Waals surface area contributed by atoms with Gasteiger partial charge in [-0.3, -0.25) is 0 Å². The van der Waals surface area contributed by atoms with Gasteiger partial charge in [-0.25, -0.2) is 0 Å². The van der Waals surface area contributed by atoms with E-state index in [1.165, 1.54) is 23.2 Å². The summed E-state index contributed by atoms with van der Waals surface area (Å²) >= 11 is 0. The van der Waals surface area contributed by atoms with E-state index in [1.54, 1.807) is 0 Å². The van der Waals surface area contributed by atoms with Gasteiger partial charge in [0.05, 0.1) is 0 Å². The summed E-state index contributed by atoms with van der Waals surface area (Å²) < 4.78 is 0. The second-order valence-electron chi connectivity index (χ2n) is 4.91. The predicted octanol–water partition coefficient (Wildman–Crippen LogP) is 1.84. The fourth-order valence-electron chi connectivity index (χ4n) is 1.95. The predicted molar refractivity (Wildman–Crippen MR) is 75.5 cm³/mol. The van der Waals surface area contributed by atoms with Crippen molar-refractivity contribution < 1.29 is 0 Å². The second-order valence-corrected chi connectivity index (χ2v) is 4.91. The number of nitrogens with zero attached hydrogens (tertiary/aromatic N) is 2. The van der Waals surface area contributed by atoms with E-state index in [4.69, 9.17) is 5.73 Å². The average Bonchev–Trinajstić information content (AvgIpc) is 2.28. The molecular formula is C14H25N3. The molecule has 3 nitrogen and oxygen atoms in total. The Hall–Kier alpha value is -1.06. The van der Waals surface area contributed by atoms with Gasteiger partial charge >= 0.3 is 0 Å². The number of hydrogen-bond acceptors (Lipinski definition) is 3. The van der Waals surface area contributed by atoms with Crippen LogP contribution >= 0.6 is 0 Å². The van der Waals surface area contributed by atoms with Gasteiger partial charge < -0.3 is 15.5 Å². The molecule has 0 unspecified atom stereocenters. The Balaban J connectivity index is 2.66. The minimum Gasteiger partial charge on any atom is -0.374 e. The molecule has 0 aliphatic rings. The maximum Gasteiger partial charge on any atom is 0.0411 e. The number of aryl methyl sites for hydroxylation is 1. The molecule has 0 aromatic heterocycles. The van der Waals surface area contributed by atoms with Crippen molar-refractivity contribution >= 4 is 5.69 Å². The first kappa shape index (κ1) is 14.0. The van der Waals surface area contributed by atoms with Crippen molar-refractivity contribution in [1.29, 1.82) is 0 Å². The summed E-state index contributed by atoms with van der Waals surface area (Å²) in [5.41, 5.74) is 9.56. The van der Waals surface area contributed by atoms with E-state index >= 15 is 0 Å². The highest BCUT2D eigenvalue weighted by molar-refractivity contribution is 5.54. The third kappa shape index (κ3) is 4.36. The monoisotopic (exact) mass is 235 g/mol. The minimum atomic E-state index is 0.605. The summed E-state index contributed by atoms with van der Waals surface area (Å²) in [6.45, 7) is 4.91. The molecule has 0 radical (unpaired) electrons. The van der Waals surface area contributed by atoms with Crippen molar-refractivity contribution in [2.24, 2.45) is 5.73 Å². The zero-order chi connectivity index (χ0) is 12.8. The lowest BCUT2D eigenvalue weighted by molar-refractivity contribution is 0.401. The quantitative estimate of drug-likeness (QED) is 0.816. The maximum absolute atomic E-state index is 5.78. The Morgan fingerprint density at radius 3 is 2.41 bits per heavy atom. The number of rotatable bonds is 6. The van der Waals surface area contributed by atoms with Crippen LogP contribution in [-0.4, -0.2) is 39.1 Å². The van der Waals surface area contributed by atoms with Gasteiger partial charge in [0, 0.05) is 25.8 Å². The van der Waals surface area contributed by atoms with E-state index in [2.05, 4.69) is 56.1 Å². The van der Waals surface area contributed by atoms with Crippen molar-refractivity contribution in [2.75, 3.05) is 39.1 Å². The molecule has 2 N–H and O–H groups in total. The molecule has 0 aliphatic heterocycles. The Labute approximate surface area is 105 Å². The van der Waals surface area contributed by atoms with Gasteiger partial charge in [0.2, 0.25) is 0 Å². The van der Waals surface area contributed by atoms with Crippen LogP contribution in [0.15, 0.2) is 18.2 Å². The second kappa shape index (κ2) is 6.62. The molecule has 96 valence electrons. The van der Waals surface area contributed by atoms with E-state index in [0.717, 1.165) is 13.1 Å². The first-order valence-electron chi connectivity index (χ1n) is 6.20. The Kier molecular flexibility index (Phi) is 5.45. The van der Waals surface area contributed by atoms with Crippen molar-refractivity contribution in [1.82, 2.24) is 4.90 Å². The van der Waals surface area contributed by atoms with Crippen LogP contribution in [0.25, 0.3) is 0 Å². The molecule has 3 heteroatoms. The molecule has 0 fully saturated rings. The van der Waals surface area contributed by atoms with E-state index in [1.807, 2.05) is 0 Å². The third-order valence-corrected chi connectivity index (χ3v) is 2.97. The van der Waals surface area contributed by atoms with E-state index in [0.29, 0.717) is 6.54 Å². The third-order valence-electron chi connectivity index (χ3n) is 2.97. The summed E-state index contributed by atoms with van der Waals surface area (Å²) in [5, 5.41) is 0. The molecule has 1 rings (SSSR count). The van der Waals surface area contributed by atoms with Crippen LogP contribution in [0, 0.1) is 6.92 Å². The summed E-state index contributed by atoms with van der Waals surface area (Å²) in [7, 11) is 6.36. The first-order chi connectivity index (χ1) is 8.04. The highest BCUT2D eigenvalue weighted by Crippen LogP contribution is 2.20. The van der Waals surface area contributed by atoms with Gasteiger partial charge in [-0.1, -0.05) is 12.1 Å². The van der Waals surface area contributed by atoms with Gasteiger partial charge in [0.1, 0.15) is 0 Å². The molecule has 1 aromatic rings. The van der Waals surface area contributed by atoms with E-state index in [9.17, 15) is 0 Å². The van der Waals surface area contributed by atoms with Crippen LogP contribution in [0.2, 0.25) is 0 Å². The molecule has 0 atom stereocenters. The normalized spacial score (nSPS) is 10.9. The van der Waals surface area contributed by atoms with Crippen LogP contribution in [0.4, 0.5) is 5.69 Å². The topological polar surface area (TPSA) is 32.5 Å². The van der Waals surface area contributed by atoms with Gasteiger partial charge in [0.15, 0.2) is 0 Å². The van der Waals surface area contributed by atoms with E-state index < -0.39 is 0 Å². The summed E-state index contributed by atoms with van der Waals surface area (Å²) in [6.07, 6.45) is 1.17. The molecule has 0 amide bonds. The fraction of sp³-hybridized carbons (Fsp3) is 0.571. The Morgan fingerprint density at radius 1 is 1.12 bits per heavy atom. The number of hydrogen-bond donors (Lipinski definition) is 1. The molecular weight excluding hydrogens is 210 g/mol. The molecule has 0 saturated heterocycles. The van der Waals surface area contributed by atoms with Crippen LogP contribution in [-0.2, 0) is 6.54 Å². The van der Waals surface area contributed by atoms with Crippen molar-refractivity contribution in [3.63, 3.8) is 0 Å². The zero-order valence-corrected chi connectivity index (χ0v) is 11.5. The maximum atomic E-state index is 5.78. The summed E-state index contributed by atoms with van der Waals surface area (Å²) in [6, 6.07) is 6.48. The number of anilines is 1. The molecule has 0 saturated carbocycles. The molecule has 0 bridgehead atoms. The summed E-state index contributed by atoms with van der Waals surface area (Å²) in [5.74, 6) is 0. The average molecular weight is 235 g/mol. The molecule has 1 aromatic carbocycles. The minimum absolute atomic E-state index is 0.605. The Bertz CT molecular complexity index is 347. The number of nitrogens with two attached hydrogens (primary N) is 1. The lowest BCUT2D eigenvalue weighted by Gasteiger charge is -2.23. The molecule has 0 heterocycles.